The van der Waals surface area contributed by atoms with E-state index in [1.165, 1.54) is 23.1 Å². The first-order valence-electron chi connectivity index (χ1n) is 13.2. The molecule has 1 N–H and O–H groups in total. The van der Waals surface area contributed by atoms with Crippen molar-refractivity contribution in [3.8, 4) is 11.5 Å². The van der Waals surface area contributed by atoms with Crippen molar-refractivity contribution in [1.82, 2.24) is 4.98 Å². The molecule has 206 valence electrons. The predicted octanol–water partition coefficient (Wildman–Crippen LogP) is 7.03. The Hall–Kier alpha value is -4.24. The number of thiazole rings is 1. The van der Waals surface area contributed by atoms with E-state index in [-0.39, 0.29) is 16.5 Å². The van der Waals surface area contributed by atoms with Gasteiger partial charge in [0.15, 0.2) is 5.13 Å². The van der Waals surface area contributed by atoms with Crippen LogP contribution >= 0.6 is 11.3 Å². The number of fused-ring (bicyclic) bond motifs is 1. The van der Waals surface area contributed by atoms with E-state index in [0.29, 0.717) is 46.1 Å². The summed E-state index contributed by atoms with van der Waals surface area (Å²) in [4.78, 5) is 32.7. The molecule has 4 aromatic rings. The SMILES string of the molecule is CCCCCOc1ccc(C2C(=C(O)c3ccc(OCC)cc3)C(=O)C(=O)N2c2nc3ccc(F)cc3s2)cc1. The highest BCUT2D eigenvalue weighted by Crippen LogP contribution is 2.44. The molecule has 1 amide bonds. The molecule has 1 fully saturated rings. The monoisotopic (exact) mass is 560 g/mol. The maximum atomic E-state index is 13.9. The Morgan fingerprint density at radius 2 is 1.68 bits per heavy atom. The van der Waals surface area contributed by atoms with Crippen LogP contribution in [0.1, 0.15) is 50.3 Å². The van der Waals surface area contributed by atoms with Crippen molar-refractivity contribution in [3.63, 3.8) is 0 Å². The van der Waals surface area contributed by atoms with Crippen LogP contribution in [0.5, 0.6) is 11.5 Å². The number of halogens is 1. The number of ether oxygens (including phenoxy) is 2. The molecule has 1 aromatic heterocycles. The van der Waals surface area contributed by atoms with Crippen molar-refractivity contribution in [3.05, 3.63) is 89.2 Å². The minimum Gasteiger partial charge on any atom is -0.507 e. The molecule has 0 spiro atoms. The van der Waals surface area contributed by atoms with Crippen molar-refractivity contribution < 1.29 is 28.6 Å². The summed E-state index contributed by atoms with van der Waals surface area (Å²) in [5.74, 6) is -1.10. The van der Waals surface area contributed by atoms with E-state index in [0.717, 1.165) is 30.6 Å². The number of carbonyl (C=O) groups is 2. The van der Waals surface area contributed by atoms with Crippen molar-refractivity contribution in [2.45, 2.75) is 39.2 Å². The van der Waals surface area contributed by atoms with Gasteiger partial charge in [0, 0.05) is 5.56 Å². The van der Waals surface area contributed by atoms with Crippen LogP contribution in [0.3, 0.4) is 0 Å². The first-order chi connectivity index (χ1) is 19.4. The molecule has 40 heavy (non-hydrogen) atoms. The van der Waals surface area contributed by atoms with Gasteiger partial charge in [-0.2, -0.15) is 0 Å². The second-order valence-electron chi connectivity index (χ2n) is 9.36. The Morgan fingerprint density at radius 1 is 0.975 bits per heavy atom. The maximum absolute atomic E-state index is 13.9. The van der Waals surface area contributed by atoms with Crippen LogP contribution in [-0.2, 0) is 9.59 Å². The number of hydrogen-bond acceptors (Lipinski definition) is 7. The first-order valence-corrected chi connectivity index (χ1v) is 14.1. The highest BCUT2D eigenvalue weighted by Gasteiger charge is 2.48. The lowest BCUT2D eigenvalue weighted by Gasteiger charge is -2.23. The third kappa shape index (κ3) is 5.42. The highest BCUT2D eigenvalue weighted by molar-refractivity contribution is 7.22. The molecule has 1 saturated heterocycles. The number of anilines is 1. The van der Waals surface area contributed by atoms with Gasteiger partial charge in [-0.15, -0.1) is 0 Å². The van der Waals surface area contributed by atoms with Gasteiger partial charge >= 0.3 is 5.91 Å². The van der Waals surface area contributed by atoms with E-state index < -0.39 is 23.5 Å². The van der Waals surface area contributed by atoms with E-state index >= 15 is 0 Å². The van der Waals surface area contributed by atoms with Crippen molar-refractivity contribution in [2.75, 3.05) is 18.1 Å². The molecule has 1 unspecified atom stereocenters. The summed E-state index contributed by atoms with van der Waals surface area (Å²) in [5.41, 5.74) is 1.41. The number of rotatable bonds is 10. The van der Waals surface area contributed by atoms with Gasteiger partial charge in [0.25, 0.3) is 5.78 Å². The Morgan fingerprint density at radius 3 is 2.38 bits per heavy atom. The smallest absolute Gasteiger partial charge is 0.301 e. The molecular weight excluding hydrogens is 531 g/mol. The third-order valence-electron chi connectivity index (χ3n) is 6.64. The number of Topliss-reactive ketones (excluding diaryl/α,β-unsaturated/α-hetero) is 1. The van der Waals surface area contributed by atoms with E-state index in [4.69, 9.17) is 9.47 Å². The van der Waals surface area contributed by atoms with Crippen molar-refractivity contribution in [1.29, 1.82) is 0 Å². The van der Waals surface area contributed by atoms with E-state index in [2.05, 4.69) is 11.9 Å². The average molecular weight is 561 g/mol. The molecule has 2 heterocycles. The number of aliphatic hydroxyl groups excluding tert-OH is 1. The number of aliphatic hydroxyl groups is 1. The molecule has 0 aliphatic carbocycles. The number of benzene rings is 3. The summed E-state index contributed by atoms with van der Waals surface area (Å²) in [5, 5.41) is 11.6. The van der Waals surface area contributed by atoms with E-state index in [9.17, 15) is 19.1 Å². The number of nitrogens with zero attached hydrogens (tertiary/aromatic N) is 2. The number of hydrogen-bond donors (Lipinski definition) is 1. The highest BCUT2D eigenvalue weighted by atomic mass is 32.1. The fraction of sp³-hybridized carbons (Fsp3) is 0.258. The van der Waals surface area contributed by atoms with Gasteiger partial charge < -0.3 is 14.6 Å². The third-order valence-corrected chi connectivity index (χ3v) is 7.66. The number of ketones is 1. The largest absolute Gasteiger partial charge is 0.507 e. The van der Waals surface area contributed by atoms with Gasteiger partial charge in [0.2, 0.25) is 0 Å². The zero-order valence-electron chi connectivity index (χ0n) is 22.2. The van der Waals surface area contributed by atoms with Gasteiger partial charge in [-0.25, -0.2) is 9.37 Å². The van der Waals surface area contributed by atoms with Gasteiger partial charge in [-0.05, 0) is 73.5 Å². The fourth-order valence-electron chi connectivity index (χ4n) is 4.65. The zero-order valence-corrected chi connectivity index (χ0v) is 23.0. The van der Waals surface area contributed by atoms with Gasteiger partial charge in [-0.1, -0.05) is 43.2 Å². The lowest BCUT2D eigenvalue weighted by Crippen LogP contribution is -2.29. The second kappa shape index (κ2) is 11.9. The van der Waals surface area contributed by atoms with Crippen LogP contribution in [0, 0.1) is 5.82 Å². The van der Waals surface area contributed by atoms with E-state index in [1.807, 2.05) is 6.92 Å². The Balaban J connectivity index is 1.58. The van der Waals surface area contributed by atoms with Crippen LogP contribution in [-0.4, -0.2) is 35.0 Å². The standard InChI is InChI=1S/C31H29FN2O5S/c1-3-5-6-17-39-23-12-7-19(8-13-23)27-26(28(35)20-9-14-22(15-10-20)38-4-2)29(36)30(37)34(27)31-33-24-16-11-21(32)18-25(24)40-31/h7-16,18,27,35H,3-6,17H2,1-2H3. The molecular formula is C31H29FN2O5S. The Labute approximate surface area is 235 Å². The molecule has 9 heteroatoms. The average Bonchev–Trinajstić information content (AvgIpc) is 3.49. The second-order valence-corrected chi connectivity index (χ2v) is 10.4. The summed E-state index contributed by atoms with van der Waals surface area (Å²) >= 11 is 1.11. The summed E-state index contributed by atoms with van der Waals surface area (Å²) in [6.07, 6.45) is 3.11. The van der Waals surface area contributed by atoms with Crippen LogP contribution in [0.4, 0.5) is 9.52 Å². The van der Waals surface area contributed by atoms with Crippen molar-refractivity contribution >= 4 is 44.1 Å². The minimum absolute atomic E-state index is 0.0591. The lowest BCUT2D eigenvalue weighted by molar-refractivity contribution is -0.132. The Bertz CT molecular complexity index is 1560. The fourth-order valence-corrected chi connectivity index (χ4v) is 5.67. The van der Waals surface area contributed by atoms with Crippen LogP contribution in [0.2, 0.25) is 0 Å². The summed E-state index contributed by atoms with van der Waals surface area (Å²) in [6.45, 7) is 5.07. The molecule has 1 aliphatic rings. The van der Waals surface area contributed by atoms with Gasteiger partial charge in [0.05, 0.1) is 35.0 Å². The number of carbonyl (C=O) groups excluding carboxylic acids is 2. The summed E-state index contributed by atoms with van der Waals surface area (Å²) < 4.78 is 25.8. The summed E-state index contributed by atoms with van der Waals surface area (Å²) in [6, 6.07) is 17.0. The maximum Gasteiger partial charge on any atom is 0.301 e. The summed E-state index contributed by atoms with van der Waals surface area (Å²) in [7, 11) is 0. The van der Waals surface area contributed by atoms with E-state index in [1.54, 1.807) is 48.5 Å². The van der Waals surface area contributed by atoms with Crippen molar-refractivity contribution in [2.24, 2.45) is 0 Å². The number of aromatic nitrogens is 1. The normalized spacial score (nSPS) is 16.6. The molecule has 1 atom stereocenters. The molecule has 0 saturated carbocycles. The molecule has 5 rings (SSSR count). The molecule has 0 bridgehead atoms. The minimum atomic E-state index is -0.953. The topological polar surface area (TPSA) is 89.0 Å². The number of amides is 1. The zero-order chi connectivity index (χ0) is 28.2. The van der Waals surface area contributed by atoms with Gasteiger partial charge in [0.1, 0.15) is 23.1 Å². The molecule has 3 aromatic carbocycles. The molecule has 1 aliphatic heterocycles. The van der Waals surface area contributed by atoms with Crippen LogP contribution in [0.25, 0.3) is 16.0 Å². The predicted molar refractivity (Wildman–Crippen MR) is 153 cm³/mol. The van der Waals surface area contributed by atoms with Crippen LogP contribution < -0.4 is 14.4 Å². The lowest BCUT2D eigenvalue weighted by atomic mass is 9.95. The van der Waals surface area contributed by atoms with Crippen LogP contribution in [0.15, 0.2) is 72.3 Å². The first kappa shape index (κ1) is 27.3. The Kier molecular flexibility index (Phi) is 8.11. The molecule has 7 nitrogen and oxygen atoms in total. The molecule has 0 radical (unpaired) electrons. The quantitative estimate of drug-likeness (QED) is 0.0970. The van der Waals surface area contributed by atoms with Gasteiger partial charge in [-0.3, -0.25) is 14.5 Å². The number of unbranched alkanes of at least 4 members (excludes halogenated alkanes) is 2.